The van der Waals surface area contributed by atoms with Gasteiger partial charge in [-0.3, -0.25) is 4.79 Å². The number of benzene rings is 1. The molecule has 16 heavy (non-hydrogen) atoms. The molecule has 0 N–H and O–H groups in total. The van der Waals surface area contributed by atoms with Gasteiger partial charge in [-0.25, -0.2) is 4.98 Å². The van der Waals surface area contributed by atoms with Crippen molar-refractivity contribution < 1.29 is 4.79 Å². The number of rotatable bonds is 3. The van der Waals surface area contributed by atoms with Gasteiger partial charge in [0.05, 0.1) is 9.88 Å². The van der Waals surface area contributed by atoms with Crippen LogP contribution >= 0.6 is 27.3 Å². The molecule has 0 aliphatic rings. The molecule has 0 aliphatic carbocycles. The second-order valence-electron chi connectivity index (χ2n) is 3.48. The van der Waals surface area contributed by atoms with E-state index >= 15 is 0 Å². The maximum absolute atomic E-state index is 11.1. The van der Waals surface area contributed by atoms with Crippen LogP contribution in [0.3, 0.4) is 0 Å². The predicted molar refractivity (Wildman–Crippen MR) is 69.1 cm³/mol. The number of thiazole rings is 1. The summed E-state index contributed by atoms with van der Waals surface area (Å²) in [5.41, 5.74) is 1.20. The maximum atomic E-state index is 11.1. The van der Waals surface area contributed by atoms with Crippen LogP contribution in [0.25, 0.3) is 0 Å². The number of carbonyl (C=O) groups excluding carboxylic acids is 1. The summed E-state index contributed by atoms with van der Waals surface area (Å²) >= 11 is 4.86. The SMILES string of the molecule is CC(=O)c1cnc(Cc2ccc(Br)cc2)s1. The molecular formula is C12H10BrNOS. The normalized spacial score (nSPS) is 10.4. The first-order valence-electron chi connectivity index (χ1n) is 4.85. The first kappa shape index (κ1) is 11.5. The average Bonchev–Trinajstić information content (AvgIpc) is 2.70. The van der Waals surface area contributed by atoms with Crippen LogP contribution in [0.4, 0.5) is 0 Å². The molecule has 0 saturated carbocycles. The lowest BCUT2D eigenvalue weighted by Gasteiger charge is -1.97. The zero-order chi connectivity index (χ0) is 11.5. The molecule has 4 heteroatoms. The fraction of sp³-hybridized carbons (Fsp3) is 0.167. The summed E-state index contributed by atoms with van der Waals surface area (Å²) in [5, 5.41) is 0.979. The fourth-order valence-electron chi connectivity index (χ4n) is 1.33. The van der Waals surface area contributed by atoms with E-state index in [0.29, 0.717) is 0 Å². The highest BCUT2D eigenvalue weighted by Crippen LogP contribution is 2.18. The molecule has 0 saturated heterocycles. The predicted octanol–water partition coefficient (Wildman–Crippen LogP) is 3.70. The highest BCUT2D eigenvalue weighted by molar-refractivity contribution is 9.10. The highest BCUT2D eigenvalue weighted by atomic mass is 79.9. The van der Waals surface area contributed by atoms with E-state index in [-0.39, 0.29) is 5.78 Å². The Kier molecular flexibility index (Phi) is 3.51. The first-order chi connectivity index (χ1) is 7.65. The van der Waals surface area contributed by atoms with Crippen molar-refractivity contribution in [3.05, 3.63) is 50.4 Å². The quantitative estimate of drug-likeness (QED) is 0.808. The lowest BCUT2D eigenvalue weighted by molar-refractivity contribution is 0.102. The van der Waals surface area contributed by atoms with Gasteiger partial charge in [0.1, 0.15) is 0 Å². The Bertz CT molecular complexity index is 504. The van der Waals surface area contributed by atoms with Crippen LogP contribution in [0, 0.1) is 0 Å². The average molecular weight is 296 g/mol. The fourth-order valence-corrected chi connectivity index (χ4v) is 2.44. The third-order valence-corrected chi connectivity index (χ3v) is 3.80. The summed E-state index contributed by atoms with van der Waals surface area (Å²) in [6.07, 6.45) is 2.44. The molecule has 0 radical (unpaired) electrons. The van der Waals surface area contributed by atoms with E-state index < -0.39 is 0 Å². The number of hydrogen-bond acceptors (Lipinski definition) is 3. The van der Waals surface area contributed by atoms with Crippen molar-refractivity contribution in [2.24, 2.45) is 0 Å². The Morgan fingerprint density at radius 2 is 2.06 bits per heavy atom. The van der Waals surface area contributed by atoms with Crippen LogP contribution in [0.1, 0.15) is 27.2 Å². The number of halogens is 1. The number of nitrogens with zero attached hydrogens (tertiary/aromatic N) is 1. The standard InChI is InChI=1S/C12H10BrNOS/c1-8(15)11-7-14-12(16-11)6-9-2-4-10(13)5-3-9/h2-5,7H,6H2,1H3. The van der Waals surface area contributed by atoms with E-state index in [9.17, 15) is 4.79 Å². The van der Waals surface area contributed by atoms with Gasteiger partial charge in [-0.2, -0.15) is 0 Å². The Labute approximate surface area is 106 Å². The van der Waals surface area contributed by atoms with Crippen molar-refractivity contribution in [3.8, 4) is 0 Å². The van der Waals surface area contributed by atoms with E-state index in [0.717, 1.165) is 20.8 Å². The Morgan fingerprint density at radius 1 is 1.38 bits per heavy atom. The highest BCUT2D eigenvalue weighted by Gasteiger charge is 2.06. The molecule has 2 rings (SSSR count). The van der Waals surface area contributed by atoms with Crippen LogP contribution < -0.4 is 0 Å². The van der Waals surface area contributed by atoms with E-state index in [2.05, 4.69) is 33.0 Å². The van der Waals surface area contributed by atoms with Gasteiger partial charge in [0, 0.05) is 24.0 Å². The van der Waals surface area contributed by atoms with Gasteiger partial charge in [-0.1, -0.05) is 28.1 Å². The lowest BCUT2D eigenvalue weighted by Crippen LogP contribution is -1.85. The largest absolute Gasteiger partial charge is 0.294 e. The van der Waals surface area contributed by atoms with E-state index in [1.165, 1.54) is 16.9 Å². The third-order valence-electron chi connectivity index (χ3n) is 2.17. The summed E-state index contributed by atoms with van der Waals surface area (Å²) in [6, 6.07) is 8.13. The molecule has 1 aromatic heterocycles. The summed E-state index contributed by atoms with van der Waals surface area (Å²) in [5.74, 6) is 0.0829. The number of carbonyl (C=O) groups is 1. The summed E-state index contributed by atoms with van der Waals surface area (Å²) in [6.45, 7) is 1.57. The Morgan fingerprint density at radius 3 is 2.62 bits per heavy atom. The van der Waals surface area contributed by atoms with Crippen molar-refractivity contribution in [1.29, 1.82) is 0 Å². The third kappa shape index (κ3) is 2.77. The number of Topliss-reactive ketones (excluding diaryl/α,β-unsaturated/α-hetero) is 1. The van der Waals surface area contributed by atoms with Crippen LogP contribution in [0.2, 0.25) is 0 Å². The van der Waals surface area contributed by atoms with Crippen molar-refractivity contribution in [2.75, 3.05) is 0 Å². The minimum Gasteiger partial charge on any atom is -0.294 e. The molecule has 2 aromatic rings. The van der Waals surface area contributed by atoms with Crippen molar-refractivity contribution in [3.63, 3.8) is 0 Å². The number of aromatic nitrogens is 1. The van der Waals surface area contributed by atoms with Gasteiger partial charge in [0.15, 0.2) is 5.78 Å². The molecular weight excluding hydrogens is 286 g/mol. The lowest BCUT2D eigenvalue weighted by atomic mass is 10.2. The van der Waals surface area contributed by atoms with Gasteiger partial charge in [-0.05, 0) is 17.7 Å². The van der Waals surface area contributed by atoms with Gasteiger partial charge < -0.3 is 0 Å². The van der Waals surface area contributed by atoms with E-state index in [4.69, 9.17) is 0 Å². The first-order valence-corrected chi connectivity index (χ1v) is 6.46. The maximum Gasteiger partial charge on any atom is 0.171 e. The van der Waals surface area contributed by atoms with Gasteiger partial charge >= 0.3 is 0 Å². The molecule has 1 aromatic carbocycles. The molecule has 82 valence electrons. The molecule has 1 heterocycles. The number of ketones is 1. The molecule has 2 nitrogen and oxygen atoms in total. The molecule has 0 bridgehead atoms. The zero-order valence-corrected chi connectivity index (χ0v) is 11.1. The van der Waals surface area contributed by atoms with Gasteiger partial charge in [0.25, 0.3) is 0 Å². The molecule has 0 spiro atoms. The van der Waals surface area contributed by atoms with Crippen molar-refractivity contribution in [1.82, 2.24) is 4.98 Å². The monoisotopic (exact) mass is 295 g/mol. The smallest absolute Gasteiger partial charge is 0.171 e. The van der Waals surface area contributed by atoms with Crippen LogP contribution in [0.5, 0.6) is 0 Å². The molecule has 0 unspecified atom stereocenters. The summed E-state index contributed by atoms with van der Waals surface area (Å²) in [7, 11) is 0. The van der Waals surface area contributed by atoms with Gasteiger partial charge in [-0.15, -0.1) is 11.3 Å². The van der Waals surface area contributed by atoms with E-state index in [1.807, 2.05) is 12.1 Å². The molecule has 0 atom stereocenters. The Balaban J connectivity index is 2.14. The minimum atomic E-state index is 0.0829. The Hall–Kier alpha value is -1.000. The van der Waals surface area contributed by atoms with Crippen molar-refractivity contribution in [2.45, 2.75) is 13.3 Å². The second-order valence-corrected chi connectivity index (χ2v) is 5.51. The summed E-state index contributed by atoms with van der Waals surface area (Å²) in [4.78, 5) is 16.1. The van der Waals surface area contributed by atoms with Crippen LogP contribution in [-0.4, -0.2) is 10.8 Å². The molecule has 0 amide bonds. The molecule has 0 fully saturated rings. The topological polar surface area (TPSA) is 30.0 Å². The number of hydrogen-bond donors (Lipinski definition) is 0. The zero-order valence-electron chi connectivity index (χ0n) is 8.74. The van der Waals surface area contributed by atoms with Crippen LogP contribution in [-0.2, 0) is 6.42 Å². The molecule has 0 aliphatic heterocycles. The van der Waals surface area contributed by atoms with Crippen LogP contribution in [0.15, 0.2) is 34.9 Å². The minimum absolute atomic E-state index is 0.0829. The summed E-state index contributed by atoms with van der Waals surface area (Å²) < 4.78 is 1.07. The van der Waals surface area contributed by atoms with Gasteiger partial charge in [0.2, 0.25) is 0 Å². The second kappa shape index (κ2) is 4.89. The van der Waals surface area contributed by atoms with Crippen molar-refractivity contribution >= 4 is 33.0 Å². The van der Waals surface area contributed by atoms with E-state index in [1.54, 1.807) is 13.1 Å².